The molecule has 2 unspecified atom stereocenters. The molecule has 1 aromatic carbocycles. The van der Waals surface area contributed by atoms with E-state index in [-0.39, 0.29) is 17.5 Å². The van der Waals surface area contributed by atoms with Crippen molar-refractivity contribution in [2.24, 2.45) is 0 Å². The summed E-state index contributed by atoms with van der Waals surface area (Å²) in [5.41, 5.74) is -0.816. The SMILES string of the molecule is O=C(Cn1c(=O)[nH]c2ccccc2c1=O)NC1CS(=O)(=O)CC1N1CCCC1. The highest BCUT2D eigenvalue weighted by Crippen LogP contribution is 2.22. The van der Waals surface area contributed by atoms with Crippen LogP contribution < -0.4 is 16.6 Å². The van der Waals surface area contributed by atoms with E-state index in [9.17, 15) is 22.8 Å². The first-order valence-electron chi connectivity index (χ1n) is 9.30. The fourth-order valence-corrected chi connectivity index (χ4v) is 6.09. The summed E-state index contributed by atoms with van der Waals surface area (Å²) in [5, 5.41) is 3.05. The number of hydrogen-bond donors (Lipinski definition) is 2. The van der Waals surface area contributed by atoms with Gasteiger partial charge in [-0.15, -0.1) is 0 Å². The van der Waals surface area contributed by atoms with E-state index in [4.69, 9.17) is 0 Å². The van der Waals surface area contributed by atoms with Gasteiger partial charge in [0.05, 0.1) is 28.5 Å². The van der Waals surface area contributed by atoms with Crippen LogP contribution in [0, 0.1) is 0 Å². The number of benzene rings is 1. The van der Waals surface area contributed by atoms with Crippen molar-refractivity contribution in [2.45, 2.75) is 31.5 Å². The van der Waals surface area contributed by atoms with Crippen molar-refractivity contribution in [3.8, 4) is 0 Å². The van der Waals surface area contributed by atoms with Gasteiger partial charge in [-0.1, -0.05) is 12.1 Å². The Morgan fingerprint density at radius 1 is 1.14 bits per heavy atom. The molecular weight excluding hydrogens is 384 g/mol. The van der Waals surface area contributed by atoms with Gasteiger partial charge in [-0.2, -0.15) is 0 Å². The van der Waals surface area contributed by atoms with Gasteiger partial charge in [0.2, 0.25) is 5.91 Å². The Bertz CT molecular complexity index is 1130. The van der Waals surface area contributed by atoms with Crippen LogP contribution in [0.4, 0.5) is 0 Å². The second kappa shape index (κ2) is 7.17. The van der Waals surface area contributed by atoms with E-state index in [0.29, 0.717) is 10.9 Å². The molecule has 2 aliphatic heterocycles. The number of nitrogens with one attached hydrogen (secondary N) is 2. The van der Waals surface area contributed by atoms with Crippen LogP contribution in [0.25, 0.3) is 10.9 Å². The molecule has 28 heavy (non-hydrogen) atoms. The van der Waals surface area contributed by atoms with Crippen LogP contribution in [0.15, 0.2) is 33.9 Å². The lowest BCUT2D eigenvalue weighted by molar-refractivity contribution is -0.122. The topological polar surface area (TPSA) is 121 Å². The highest BCUT2D eigenvalue weighted by molar-refractivity contribution is 7.91. The van der Waals surface area contributed by atoms with Gasteiger partial charge >= 0.3 is 5.69 Å². The van der Waals surface area contributed by atoms with Gasteiger partial charge in [0, 0.05) is 6.04 Å². The summed E-state index contributed by atoms with van der Waals surface area (Å²) >= 11 is 0. The minimum atomic E-state index is -3.24. The number of likely N-dealkylation sites (tertiary alicyclic amines) is 1. The summed E-state index contributed by atoms with van der Waals surface area (Å²) < 4.78 is 25.1. The molecule has 1 aromatic heterocycles. The zero-order valence-electron chi connectivity index (χ0n) is 15.3. The molecule has 2 saturated heterocycles. The highest BCUT2D eigenvalue weighted by atomic mass is 32.2. The Hall–Kier alpha value is -2.46. The normalized spacial score (nSPS) is 24.6. The number of amides is 1. The molecule has 2 atom stereocenters. The number of aromatic nitrogens is 2. The molecule has 0 spiro atoms. The third-order valence-corrected chi connectivity index (χ3v) is 7.19. The Morgan fingerprint density at radius 2 is 1.86 bits per heavy atom. The summed E-state index contributed by atoms with van der Waals surface area (Å²) in [6, 6.07) is 5.78. The van der Waals surface area contributed by atoms with Crippen molar-refractivity contribution in [3.63, 3.8) is 0 Å². The Morgan fingerprint density at radius 3 is 2.61 bits per heavy atom. The van der Waals surface area contributed by atoms with Gasteiger partial charge in [-0.05, 0) is 38.1 Å². The molecule has 2 N–H and O–H groups in total. The number of aromatic amines is 1. The molecule has 0 saturated carbocycles. The minimum absolute atomic E-state index is 0.0223. The summed E-state index contributed by atoms with van der Waals surface area (Å²) in [6.45, 7) is 1.18. The van der Waals surface area contributed by atoms with Crippen LogP contribution in [0.1, 0.15) is 12.8 Å². The van der Waals surface area contributed by atoms with Gasteiger partial charge in [0.25, 0.3) is 5.56 Å². The third-order valence-electron chi connectivity index (χ3n) is 5.47. The van der Waals surface area contributed by atoms with Gasteiger partial charge in [0.15, 0.2) is 9.84 Å². The van der Waals surface area contributed by atoms with Crippen LogP contribution in [-0.2, 0) is 21.2 Å². The molecule has 4 rings (SSSR count). The van der Waals surface area contributed by atoms with Gasteiger partial charge < -0.3 is 10.3 Å². The Kier molecular flexibility index (Phi) is 4.84. The number of fused-ring (bicyclic) bond motifs is 1. The van der Waals surface area contributed by atoms with Crippen molar-refractivity contribution < 1.29 is 13.2 Å². The van der Waals surface area contributed by atoms with Gasteiger partial charge in [-0.25, -0.2) is 13.2 Å². The van der Waals surface area contributed by atoms with E-state index in [2.05, 4.69) is 15.2 Å². The number of carbonyl (C=O) groups excluding carboxylic acids is 1. The Balaban J connectivity index is 1.55. The number of H-pyrrole nitrogens is 1. The molecule has 9 nitrogen and oxygen atoms in total. The second-order valence-electron chi connectivity index (χ2n) is 7.43. The monoisotopic (exact) mass is 406 g/mol. The molecule has 0 aliphatic carbocycles. The molecule has 150 valence electrons. The fourth-order valence-electron chi connectivity index (χ4n) is 4.14. The lowest BCUT2D eigenvalue weighted by atomic mass is 10.1. The molecule has 2 aliphatic rings. The van der Waals surface area contributed by atoms with Gasteiger partial charge in [0.1, 0.15) is 6.54 Å². The number of carbonyl (C=O) groups is 1. The van der Waals surface area contributed by atoms with Crippen LogP contribution in [0.3, 0.4) is 0 Å². The first-order chi connectivity index (χ1) is 13.3. The number of para-hydroxylation sites is 1. The largest absolute Gasteiger partial charge is 0.349 e. The van der Waals surface area contributed by atoms with Crippen molar-refractivity contribution in [3.05, 3.63) is 45.1 Å². The van der Waals surface area contributed by atoms with Crippen molar-refractivity contribution in [1.29, 1.82) is 0 Å². The smallest absolute Gasteiger partial charge is 0.329 e. The molecule has 0 bridgehead atoms. The lowest BCUT2D eigenvalue weighted by Crippen LogP contribution is -2.52. The zero-order chi connectivity index (χ0) is 19.9. The highest BCUT2D eigenvalue weighted by Gasteiger charge is 2.42. The van der Waals surface area contributed by atoms with Crippen LogP contribution >= 0.6 is 0 Å². The van der Waals surface area contributed by atoms with Gasteiger partial charge in [-0.3, -0.25) is 19.1 Å². The van der Waals surface area contributed by atoms with E-state index in [1.54, 1.807) is 24.3 Å². The van der Waals surface area contributed by atoms with Crippen LogP contribution in [-0.4, -0.2) is 65.5 Å². The van der Waals surface area contributed by atoms with Crippen molar-refractivity contribution in [1.82, 2.24) is 19.8 Å². The van der Waals surface area contributed by atoms with Crippen molar-refractivity contribution in [2.75, 3.05) is 24.6 Å². The van der Waals surface area contributed by atoms with E-state index in [1.807, 2.05) is 0 Å². The first kappa shape index (κ1) is 18.9. The molecular formula is C18H22N4O5S. The molecule has 10 heteroatoms. The maximum atomic E-state index is 12.6. The predicted molar refractivity (Wildman–Crippen MR) is 104 cm³/mol. The minimum Gasteiger partial charge on any atom is -0.349 e. The zero-order valence-corrected chi connectivity index (χ0v) is 16.1. The maximum absolute atomic E-state index is 12.6. The third kappa shape index (κ3) is 3.61. The summed E-state index contributed by atoms with van der Waals surface area (Å²) in [5.74, 6) is -0.647. The summed E-state index contributed by atoms with van der Waals surface area (Å²) in [7, 11) is -3.24. The number of sulfone groups is 1. The molecule has 0 radical (unpaired) electrons. The fraction of sp³-hybridized carbons (Fsp3) is 0.500. The van der Waals surface area contributed by atoms with Crippen LogP contribution in [0.2, 0.25) is 0 Å². The molecule has 2 aromatic rings. The Labute approximate surface area is 161 Å². The predicted octanol–water partition coefficient (Wildman–Crippen LogP) is -0.933. The number of nitrogens with zero attached hydrogens (tertiary/aromatic N) is 2. The number of hydrogen-bond acceptors (Lipinski definition) is 6. The summed E-state index contributed by atoms with van der Waals surface area (Å²) in [6.07, 6.45) is 2.03. The summed E-state index contributed by atoms with van der Waals surface area (Å²) in [4.78, 5) is 42.0. The first-order valence-corrected chi connectivity index (χ1v) is 11.1. The molecule has 1 amide bonds. The maximum Gasteiger partial charge on any atom is 0.329 e. The van der Waals surface area contributed by atoms with E-state index < -0.39 is 39.6 Å². The average molecular weight is 406 g/mol. The van der Waals surface area contributed by atoms with Crippen molar-refractivity contribution >= 4 is 26.6 Å². The quantitative estimate of drug-likeness (QED) is 0.677. The average Bonchev–Trinajstić information content (AvgIpc) is 3.26. The van der Waals surface area contributed by atoms with Crippen LogP contribution in [0.5, 0.6) is 0 Å². The van der Waals surface area contributed by atoms with E-state index in [1.165, 1.54) is 0 Å². The standard InChI is InChI=1S/C18H22N4O5S/c23-16(9-22-17(24)12-5-1-2-6-13(12)20-18(22)25)19-14-10-28(26,27)11-15(14)21-7-3-4-8-21/h1-2,5-6,14-15H,3-4,7-11H2,(H,19,23)(H,20,25). The number of rotatable bonds is 4. The molecule has 2 fully saturated rings. The lowest BCUT2D eigenvalue weighted by Gasteiger charge is -2.28. The van der Waals surface area contributed by atoms with E-state index in [0.717, 1.165) is 30.5 Å². The second-order valence-corrected chi connectivity index (χ2v) is 9.58. The van der Waals surface area contributed by atoms with E-state index >= 15 is 0 Å². The molecule has 3 heterocycles.